The van der Waals surface area contributed by atoms with Crippen LogP contribution in [0.4, 0.5) is 10.1 Å². The monoisotopic (exact) mass is 459 g/mol. The van der Waals surface area contributed by atoms with E-state index in [1.165, 1.54) is 13.0 Å². The molecule has 168 valence electrons. The molecule has 9 nitrogen and oxygen atoms in total. The SMILES string of the molecule is Cc1ccc(NC(=O)C(C)n2ncc(F)cc2=O)cc1S(=O)(=O)NCCc1ccccn1. The Labute approximate surface area is 184 Å². The minimum atomic E-state index is -3.84. The number of sulfonamides is 1. The number of anilines is 1. The van der Waals surface area contributed by atoms with Gasteiger partial charge in [-0.15, -0.1) is 0 Å². The van der Waals surface area contributed by atoms with Crippen molar-refractivity contribution < 1.29 is 17.6 Å². The highest BCUT2D eigenvalue weighted by atomic mass is 32.2. The van der Waals surface area contributed by atoms with E-state index < -0.39 is 33.3 Å². The summed E-state index contributed by atoms with van der Waals surface area (Å²) in [6, 6.07) is 9.54. The van der Waals surface area contributed by atoms with Gasteiger partial charge in [-0.1, -0.05) is 12.1 Å². The highest BCUT2D eigenvalue weighted by Gasteiger charge is 2.21. The Balaban J connectivity index is 1.72. The summed E-state index contributed by atoms with van der Waals surface area (Å²) < 4.78 is 42.0. The number of rotatable bonds is 8. The Bertz CT molecular complexity index is 1280. The lowest BCUT2D eigenvalue weighted by Gasteiger charge is -2.15. The van der Waals surface area contributed by atoms with Crippen molar-refractivity contribution in [3.05, 3.63) is 82.3 Å². The van der Waals surface area contributed by atoms with Crippen molar-refractivity contribution in [2.75, 3.05) is 11.9 Å². The molecular weight excluding hydrogens is 437 g/mol. The van der Waals surface area contributed by atoms with Gasteiger partial charge in [0.15, 0.2) is 0 Å². The number of carbonyl (C=O) groups is 1. The van der Waals surface area contributed by atoms with Gasteiger partial charge >= 0.3 is 0 Å². The van der Waals surface area contributed by atoms with Gasteiger partial charge < -0.3 is 5.32 Å². The summed E-state index contributed by atoms with van der Waals surface area (Å²) in [5.41, 5.74) is 0.717. The normalized spacial score (nSPS) is 12.3. The lowest BCUT2D eigenvalue weighted by atomic mass is 10.2. The van der Waals surface area contributed by atoms with E-state index in [4.69, 9.17) is 0 Å². The van der Waals surface area contributed by atoms with Crippen LogP contribution < -0.4 is 15.6 Å². The van der Waals surface area contributed by atoms with Gasteiger partial charge in [-0.2, -0.15) is 5.10 Å². The Hall–Kier alpha value is -3.44. The number of aryl methyl sites for hydroxylation is 1. The molecule has 1 unspecified atom stereocenters. The third kappa shape index (κ3) is 5.62. The van der Waals surface area contributed by atoms with Gasteiger partial charge in [-0.05, 0) is 43.7 Å². The second kappa shape index (κ2) is 9.79. The molecule has 0 bridgehead atoms. The fourth-order valence-electron chi connectivity index (χ4n) is 2.95. The van der Waals surface area contributed by atoms with Gasteiger partial charge in [0.2, 0.25) is 15.9 Å². The van der Waals surface area contributed by atoms with Crippen LogP contribution in [0.15, 0.2) is 64.5 Å². The van der Waals surface area contributed by atoms with Crippen molar-refractivity contribution in [1.82, 2.24) is 19.5 Å². The van der Waals surface area contributed by atoms with E-state index in [1.54, 1.807) is 37.4 Å². The number of halogens is 1. The van der Waals surface area contributed by atoms with Gasteiger partial charge in [0.1, 0.15) is 11.9 Å². The standard InChI is InChI=1S/C21H22FN5O4S/c1-14-6-7-18(26-21(29)15(2)27-20(28)11-16(22)13-24-27)12-19(14)32(30,31)25-10-8-17-5-3-4-9-23-17/h3-7,9,11-13,15,25H,8,10H2,1-2H3,(H,26,29). The number of hydrogen-bond acceptors (Lipinski definition) is 6. The first kappa shape index (κ1) is 23.2. The molecule has 0 aliphatic rings. The van der Waals surface area contributed by atoms with Crippen molar-refractivity contribution in [2.45, 2.75) is 31.2 Å². The summed E-state index contributed by atoms with van der Waals surface area (Å²) in [4.78, 5) is 28.6. The van der Waals surface area contributed by atoms with Crippen LogP contribution in [0.5, 0.6) is 0 Å². The van der Waals surface area contributed by atoms with Gasteiger partial charge in [0.25, 0.3) is 5.56 Å². The Morgan fingerprint density at radius 2 is 2.00 bits per heavy atom. The molecule has 2 aromatic heterocycles. The summed E-state index contributed by atoms with van der Waals surface area (Å²) in [7, 11) is -3.84. The summed E-state index contributed by atoms with van der Waals surface area (Å²) >= 11 is 0. The van der Waals surface area contributed by atoms with Crippen LogP contribution in [0.3, 0.4) is 0 Å². The molecule has 1 aromatic carbocycles. The van der Waals surface area contributed by atoms with Crippen molar-refractivity contribution in [3.8, 4) is 0 Å². The maximum absolute atomic E-state index is 13.1. The fourth-order valence-corrected chi connectivity index (χ4v) is 4.25. The largest absolute Gasteiger partial charge is 0.324 e. The molecule has 1 amide bonds. The Morgan fingerprint density at radius 1 is 1.22 bits per heavy atom. The van der Waals surface area contributed by atoms with E-state index >= 15 is 0 Å². The molecule has 2 N–H and O–H groups in total. The molecule has 0 fully saturated rings. The molecule has 0 saturated carbocycles. The van der Waals surface area contributed by atoms with Gasteiger partial charge in [0.05, 0.1) is 11.1 Å². The second-order valence-corrected chi connectivity index (χ2v) is 8.81. The highest BCUT2D eigenvalue weighted by molar-refractivity contribution is 7.89. The molecule has 0 aliphatic carbocycles. The van der Waals surface area contributed by atoms with E-state index in [0.29, 0.717) is 12.0 Å². The van der Waals surface area contributed by atoms with E-state index in [1.807, 2.05) is 6.07 Å². The lowest BCUT2D eigenvalue weighted by Crippen LogP contribution is -2.33. The average molecular weight is 460 g/mol. The summed E-state index contributed by atoms with van der Waals surface area (Å²) in [6.45, 7) is 3.22. The molecule has 0 aliphatic heterocycles. The molecule has 0 radical (unpaired) electrons. The molecule has 11 heteroatoms. The number of carbonyl (C=O) groups excluding carboxylic acids is 1. The summed E-state index contributed by atoms with van der Waals surface area (Å²) in [5.74, 6) is -1.41. The summed E-state index contributed by atoms with van der Waals surface area (Å²) in [6.07, 6.45) is 2.89. The molecule has 0 saturated heterocycles. The molecule has 32 heavy (non-hydrogen) atoms. The van der Waals surface area contributed by atoms with E-state index in [9.17, 15) is 22.4 Å². The van der Waals surface area contributed by atoms with Crippen LogP contribution in [-0.2, 0) is 21.2 Å². The first-order valence-corrected chi connectivity index (χ1v) is 11.2. The van der Waals surface area contributed by atoms with Crippen LogP contribution >= 0.6 is 0 Å². The van der Waals surface area contributed by atoms with Crippen LogP contribution in [-0.4, -0.2) is 35.6 Å². The number of amides is 1. The number of nitrogens with one attached hydrogen (secondary N) is 2. The molecular formula is C21H22FN5O4S. The third-order valence-corrected chi connectivity index (χ3v) is 6.29. The molecule has 1 atom stereocenters. The first-order chi connectivity index (χ1) is 15.2. The van der Waals surface area contributed by atoms with E-state index in [0.717, 1.165) is 22.6 Å². The lowest BCUT2D eigenvalue weighted by molar-refractivity contribution is -0.119. The zero-order valence-corrected chi connectivity index (χ0v) is 18.3. The maximum atomic E-state index is 13.1. The third-order valence-electron chi connectivity index (χ3n) is 4.68. The minimum Gasteiger partial charge on any atom is -0.324 e. The number of aromatic nitrogens is 3. The molecule has 3 rings (SSSR count). The van der Waals surface area contributed by atoms with Crippen LogP contribution in [0.2, 0.25) is 0 Å². The number of benzene rings is 1. The van der Waals surface area contributed by atoms with Crippen molar-refractivity contribution >= 4 is 21.6 Å². The molecule has 3 aromatic rings. The predicted molar refractivity (Wildman–Crippen MR) is 116 cm³/mol. The number of hydrogen-bond donors (Lipinski definition) is 2. The van der Waals surface area contributed by atoms with Crippen molar-refractivity contribution in [1.29, 1.82) is 0 Å². The van der Waals surface area contributed by atoms with Crippen LogP contribution in [0.25, 0.3) is 0 Å². The second-order valence-electron chi connectivity index (χ2n) is 7.07. The average Bonchev–Trinajstić information content (AvgIpc) is 2.75. The van der Waals surface area contributed by atoms with Crippen LogP contribution in [0, 0.1) is 12.7 Å². The quantitative estimate of drug-likeness (QED) is 0.530. The first-order valence-electron chi connectivity index (χ1n) is 9.73. The minimum absolute atomic E-state index is 0.0149. The zero-order valence-electron chi connectivity index (χ0n) is 17.4. The van der Waals surface area contributed by atoms with Crippen LogP contribution in [0.1, 0.15) is 24.2 Å². The number of nitrogens with zero attached hydrogens (tertiary/aromatic N) is 3. The van der Waals surface area contributed by atoms with Gasteiger partial charge in [-0.25, -0.2) is 22.2 Å². The number of pyridine rings is 1. The van der Waals surface area contributed by atoms with Crippen molar-refractivity contribution in [2.24, 2.45) is 0 Å². The topological polar surface area (TPSA) is 123 Å². The van der Waals surface area contributed by atoms with Gasteiger partial charge in [0, 0.05) is 36.6 Å². The van der Waals surface area contributed by atoms with E-state index in [2.05, 4.69) is 20.1 Å². The fraction of sp³-hybridized carbons (Fsp3) is 0.238. The summed E-state index contributed by atoms with van der Waals surface area (Å²) in [5, 5.41) is 6.20. The molecule has 0 spiro atoms. The van der Waals surface area contributed by atoms with Gasteiger partial charge in [-0.3, -0.25) is 14.6 Å². The van der Waals surface area contributed by atoms with E-state index in [-0.39, 0.29) is 17.1 Å². The van der Waals surface area contributed by atoms with Crippen molar-refractivity contribution in [3.63, 3.8) is 0 Å². The zero-order chi connectivity index (χ0) is 23.3. The molecule has 2 heterocycles. The Morgan fingerprint density at radius 3 is 2.69 bits per heavy atom. The Kier molecular flexibility index (Phi) is 7.11. The highest BCUT2D eigenvalue weighted by Crippen LogP contribution is 2.21. The predicted octanol–water partition coefficient (Wildman–Crippen LogP) is 1.81. The maximum Gasteiger partial charge on any atom is 0.270 e. The smallest absolute Gasteiger partial charge is 0.270 e.